The van der Waals surface area contributed by atoms with Crippen molar-refractivity contribution in [2.45, 2.75) is 13.8 Å². The third-order valence-corrected chi connectivity index (χ3v) is 4.06. The molecule has 6 heteroatoms. The molecule has 0 aliphatic heterocycles. The molecule has 3 aromatic rings. The summed E-state index contributed by atoms with van der Waals surface area (Å²) in [6.07, 6.45) is 0.732. The Morgan fingerprint density at radius 3 is 2.56 bits per heavy atom. The second-order valence-electron chi connectivity index (χ2n) is 5.32. The van der Waals surface area contributed by atoms with Crippen LogP contribution in [0.5, 0.6) is 5.75 Å². The lowest BCUT2D eigenvalue weighted by atomic mass is 10.1. The SMILES string of the molecule is CCOc1ccc(N(C=O)c2c(-c3ccccc3Cl)noc2C)cc1. The van der Waals surface area contributed by atoms with Crippen molar-refractivity contribution in [2.75, 3.05) is 11.5 Å². The van der Waals surface area contributed by atoms with Gasteiger partial charge in [-0.2, -0.15) is 0 Å². The highest BCUT2D eigenvalue weighted by molar-refractivity contribution is 6.33. The van der Waals surface area contributed by atoms with Gasteiger partial charge in [0.05, 0.1) is 11.6 Å². The fraction of sp³-hybridized carbons (Fsp3) is 0.158. The van der Waals surface area contributed by atoms with Crippen molar-refractivity contribution in [1.29, 1.82) is 0 Å². The molecule has 0 saturated heterocycles. The van der Waals surface area contributed by atoms with E-state index < -0.39 is 0 Å². The van der Waals surface area contributed by atoms with E-state index in [1.165, 1.54) is 4.90 Å². The van der Waals surface area contributed by atoms with Crippen LogP contribution in [-0.2, 0) is 4.79 Å². The first-order chi connectivity index (χ1) is 12.2. The molecule has 0 atom stereocenters. The molecular formula is C19H17ClN2O3. The first-order valence-corrected chi connectivity index (χ1v) is 8.22. The third kappa shape index (κ3) is 3.37. The van der Waals surface area contributed by atoms with E-state index in [1.54, 1.807) is 13.0 Å². The molecule has 0 unspecified atom stereocenters. The van der Waals surface area contributed by atoms with Crippen LogP contribution in [0.2, 0.25) is 5.02 Å². The fourth-order valence-corrected chi connectivity index (χ4v) is 2.82. The smallest absolute Gasteiger partial charge is 0.218 e. The number of aromatic nitrogens is 1. The molecular weight excluding hydrogens is 340 g/mol. The van der Waals surface area contributed by atoms with Crippen LogP contribution in [-0.4, -0.2) is 18.2 Å². The van der Waals surface area contributed by atoms with Crippen LogP contribution in [0.4, 0.5) is 11.4 Å². The number of ether oxygens (including phenoxy) is 1. The van der Waals surface area contributed by atoms with Crippen molar-refractivity contribution in [3.63, 3.8) is 0 Å². The van der Waals surface area contributed by atoms with Crippen LogP contribution in [0, 0.1) is 6.92 Å². The van der Waals surface area contributed by atoms with Crippen LogP contribution >= 0.6 is 11.6 Å². The van der Waals surface area contributed by atoms with E-state index in [0.29, 0.717) is 40.0 Å². The summed E-state index contributed by atoms with van der Waals surface area (Å²) in [6.45, 7) is 4.26. The summed E-state index contributed by atoms with van der Waals surface area (Å²) in [4.78, 5) is 13.3. The molecule has 0 N–H and O–H groups in total. The molecule has 0 saturated carbocycles. The van der Waals surface area contributed by atoms with Crippen LogP contribution in [0.15, 0.2) is 53.1 Å². The number of carbonyl (C=O) groups excluding carboxylic acids is 1. The Kier molecular flexibility index (Phi) is 5.05. The highest BCUT2D eigenvalue weighted by Crippen LogP contribution is 2.39. The van der Waals surface area contributed by atoms with Crippen LogP contribution in [0.25, 0.3) is 11.3 Å². The molecule has 25 heavy (non-hydrogen) atoms. The predicted molar refractivity (Wildman–Crippen MR) is 97.5 cm³/mol. The molecule has 1 aromatic heterocycles. The first-order valence-electron chi connectivity index (χ1n) is 7.84. The number of anilines is 2. The molecule has 3 rings (SSSR count). The van der Waals surface area contributed by atoms with Gasteiger partial charge in [-0.3, -0.25) is 9.69 Å². The third-order valence-electron chi connectivity index (χ3n) is 3.73. The van der Waals surface area contributed by atoms with Gasteiger partial charge in [-0.1, -0.05) is 35.0 Å². The molecule has 0 aliphatic rings. The first kappa shape index (κ1) is 17.0. The van der Waals surface area contributed by atoms with Crippen LogP contribution in [0.3, 0.4) is 0 Å². The quantitative estimate of drug-likeness (QED) is 0.583. The van der Waals surface area contributed by atoms with E-state index in [2.05, 4.69) is 5.16 Å². The van der Waals surface area contributed by atoms with E-state index in [0.717, 1.165) is 12.2 Å². The number of nitrogens with zero attached hydrogens (tertiary/aromatic N) is 2. The zero-order chi connectivity index (χ0) is 17.8. The van der Waals surface area contributed by atoms with Crippen LogP contribution < -0.4 is 9.64 Å². The molecule has 0 bridgehead atoms. The Labute approximate surface area is 150 Å². The minimum atomic E-state index is 0.518. The maximum Gasteiger partial charge on any atom is 0.218 e. The predicted octanol–water partition coefficient (Wildman–Crippen LogP) is 5.00. The van der Waals surface area contributed by atoms with Crippen molar-refractivity contribution in [2.24, 2.45) is 0 Å². The monoisotopic (exact) mass is 356 g/mol. The number of halogens is 1. The summed E-state index contributed by atoms with van der Waals surface area (Å²) in [5.41, 5.74) is 2.46. The number of hydrogen-bond donors (Lipinski definition) is 0. The van der Waals surface area contributed by atoms with Crippen molar-refractivity contribution < 1.29 is 14.1 Å². The molecule has 0 radical (unpaired) electrons. The average molecular weight is 357 g/mol. The van der Waals surface area contributed by atoms with Gasteiger partial charge in [0, 0.05) is 11.3 Å². The topological polar surface area (TPSA) is 55.6 Å². The largest absolute Gasteiger partial charge is 0.494 e. The number of carbonyl (C=O) groups is 1. The molecule has 0 spiro atoms. The zero-order valence-corrected chi connectivity index (χ0v) is 14.7. The Bertz CT molecular complexity index is 875. The van der Waals surface area contributed by atoms with E-state index in [4.69, 9.17) is 20.9 Å². The number of amides is 1. The van der Waals surface area contributed by atoms with Gasteiger partial charge in [0.1, 0.15) is 17.1 Å². The van der Waals surface area contributed by atoms with Crippen molar-refractivity contribution in [1.82, 2.24) is 5.16 Å². The number of aryl methyl sites for hydroxylation is 1. The van der Waals surface area contributed by atoms with Crippen molar-refractivity contribution in [3.05, 3.63) is 59.3 Å². The lowest BCUT2D eigenvalue weighted by Crippen LogP contribution is -2.15. The van der Waals surface area contributed by atoms with Gasteiger partial charge in [0.15, 0.2) is 5.76 Å². The van der Waals surface area contributed by atoms with E-state index >= 15 is 0 Å². The van der Waals surface area contributed by atoms with Gasteiger partial charge in [-0.25, -0.2) is 0 Å². The second kappa shape index (κ2) is 7.40. The Morgan fingerprint density at radius 2 is 1.92 bits per heavy atom. The van der Waals surface area contributed by atoms with Gasteiger partial charge < -0.3 is 9.26 Å². The highest BCUT2D eigenvalue weighted by atomic mass is 35.5. The second-order valence-corrected chi connectivity index (χ2v) is 5.73. The number of hydrogen-bond acceptors (Lipinski definition) is 4. The molecule has 0 fully saturated rings. The van der Waals surface area contributed by atoms with E-state index in [1.807, 2.05) is 49.4 Å². The summed E-state index contributed by atoms with van der Waals surface area (Å²) in [6, 6.07) is 14.5. The maximum absolute atomic E-state index is 11.8. The summed E-state index contributed by atoms with van der Waals surface area (Å²) in [5.74, 6) is 1.27. The molecule has 1 amide bonds. The summed E-state index contributed by atoms with van der Waals surface area (Å²) < 4.78 is 10.8. The Hall–Kier alpha value is -2.79. The minimum Gasteiger partial charge on any atom is -0.494 e. The molecule has 1 heterocycles. The van der Waals surface area contributed by atoms with E-state index in [9.17, 15) is 4.79 Å². The van der Waals surface area contributed by atoms with Gasteiger partial charge in [-0.15, -0.1) is 0 Å². The molecule has 128 valence electrons. The zero-order valence-electron chi connectivity index (χ0n) is 13.9. The summed E-state index contributed by atoms with van der Waals surface area (Å²) in [7, 11) is 0. The number of rotatable bonds is 6. The normalized spacial score (nSPS) is 10.5. The van der Waals surface area contributed by atoms with E-state index in [-0.39, 0.29) is 0 Å². The van der Waals surface area contributed by atoms with Gasteiger partial charge in [-0.05, 0) is 44.2 Å². The summed E-state index contributed by atoms with van der Waals surface area (Å²) >= 11 is 6.28. The van der Waals surface area contributed by atoms with Crippen molar-refractivity contribution in [3.8, 4) is 17.0 Å². The van der Waals surface area contributed by atoms with Crippen LogP contribution in [0.1, 0.15) is 12.7 Å². The fourth-order valence-electron chi connectivity index (χ4n) is 2.59. The lowest BCUT2D eigenvalue weighted by Gasteiger charge is -2.18. The van der Waals surface area contributed by atoms with Gasteiger partial charge >= 0.3 is 0 Å². The number of benzene rings is 2. The summed E-state index contributed by atoms with van der Waals surface area (Å²) in [5, 5.41) is 4.64. The molecule has 5 nitrogen and oxygen atoms in total. The standard InChI is InChI=1S/C19H17ClN2O3/c1-3-24-15-10-8-14(9-11-15)22(12-23)19-13(2)25-21-18(19)16-6-4-5-7-17(16)20/h4-12H,3H2,1-2H3. The Morgan fingerprint density at radius 1 is 1.20 bits per heavy atom. The van der Waals surface area contributed by atoms with Gasteiger partial charge in [0.25, 0.3) is 0 Å². The maximum atomic E-state index is 11.8. The molecule has 2 aromatic carbocycles. The van der Waals surface area contributed by atoms with Gasteiger partial charge in [0.2, 0.25) is 6.41 Å². The highest BCUT2D eigenvalue weighted by Gasteiger charge is 2.23. The molecule has 0 aliphatic carbocycles. The Balaban J connectivity index is 2.06. The minimum absolute atomic E-state index is 0.518. The lowest BCUT2D eigenvalue weighted by molar-refractivity contribution is -0.106. The van der Waals surface area contributed by atoms with Crippen molar-refractivity contribution >= 4 is 29.4 Å². The average Bonchev–Trinajstić information content (AvgIpc) is 2.99.